The van der Waals surface area contributed by atoms with Gasteiger partial charge in [-0.25, -0.2) is 4.79 Å². The molecule has 4 saturated carbocycles. The zero-order valence-corrected chi connectivity index (χ0v) is 16.1. The summed E-state index contributed by atoms with van der Waals surface area (Å²) in [5, 5.41) is 0. The first-order valence-corrected chi connectivity index (χ1v) is 11.0. The number of esters is 1. The normalized spacial score (nSPS) is 31.9. The molecule has 0 aliphatic heterocycles. The van der Waals surface area contributed by atoms with Gasteiger partial charge >= 0.3 is 5.97 Å². The van der Waals surface area contributed by atoms with Crippen molar-refractivity contribution in [3.63, 3.8) is 0 Å². The lowest BCUT2D eigenvalue weighted by Gasteiger charge is -2.54. The van der Waals surface area contributed by atoms with Gasteiger partial charge in [-0.3, -0.25) is 9.35 Å². The molecule has 1 aromatic carbocycles. The number of carbonyl (C=O) groups excluding carboxylic acids is 2. The van der Waals surface area contributed by atoms with Crippen molar-refractivity contribution < 1.29 is 27.3 Å². The third kappa shape index (κ3) is 3.31. The number of hydrogen-bond acceptors (Lipinski definition) is 5. The summed E-state index contributed by atoms with van der Waals surface area (Å²) in [6.45, 7) is 1.97. The maximum absolute atomic E-state index is 13.0. The Hall–Kier alpha value is -1.73. The zero-order valence-electron chi connectivity index (χ0n) is 15.3. The molecular formula is C20H24O6S. The minimum absolute atomic E-state index is 0.0108. The number of rotatable bonds is 5. The maximum Gasteiger partial charge on any atom is 0.339 e. The fourth-order valence-electron chi connectivity index (χ4n) is 5.45. The predicted octanol–water partition coefficient (Wildman–Crippen LogP) is 3.19. The molecule has 1 aromatic rings. The molecule has 2 atom stereocenters. The molecular weight excluding hydrogens is 368 g/mol. The fourth-order valence-corrected chi connectivity index (χ4v) is 5.95. The Morgan fingerprint density at radius 3 is 2.48 bits per heavy atom. The van der Waals surface area contributed by atoms with E-state index in [1.54, 1.807) is 6.07 Å². The van der Waals surface area contributed by atoms with Crippen LogP contribution in [-0.4, -0.2) is 30.3 Å². The van der Waals surface area contributed by atoms with Crippen LogP contribution in [0.3, 0.4) is 0 Å². The molecule has 0 radical (unpaired) electrons. The molecule has 0 aromatic heterocycles. The second-order valence-corrected chi connectivity index (χ2v) is 9.78. The summed E-state index contributed by atoms with van der Waals surface area (Å²) in [6.07, 6.45) is 5.12. The van der Waals surface area contributed by atoms with Crippen LogP contribution in [0.1, 0.15) is 61.4 Å². The molecule has 7 heteroatoms. The topological polar surface area (TPSA) is 97.7 Å². The van der Waals surface area contributed by atoms with Crippen molar-refractivity contribution in [2.45, 2.75) is 62.4 Å². The summed E-state index contributed by atoms with van der Waals surface area (Å²) in [6, 6.07) is 4.07. The number of ketones is 1. The minimum atomic E-state index is -4.40. The molecule has 146 valence electrons. The number of hydrogen-bond donors (Lipinski definition) is 1. The summed E-state index contributed by atoms with van der Waals surface area (Å²) in [5.74, 6) is 0.162. The van der Waals surface area contributed by atoms with E-state index in [1.807, 2.05) is 6.92 Å². The van der Waals surface area contributed by atoms with Gasteiger partial charge < -0.3 is 4.74 Å². The Morgan fingerprint density at radius 1 is 1.22 bits per heavy atom. The fraction of sp³-hybridized carbons (Fsp3) is 0.600. The van der Waals surface area contributed by atoms with E-state index in [1.165, 1.54) is 12.1 Å². The van der Waals surface area contributed by atoms with Crippen LogP contribution < -0.4 is 0 Å². The Balaban J connectivity index is 1.64. The van der Waals surface area contributed by atoms with Crippen LogP contribution in [0, 0.1) is 17.8 Å². The van der Waals surface area contributed by atoms with E-state index in [4.69, 9.17) is 4.74 Å². The third-order valence-electron chi connectivity index (χ3n) is 6.37. The highest BCUT2D eigenvalue weighted by Crippen LogP contribution is 2.55. The molecule has 0 amide bonds. The average molecular weight is 392 g/mol. The van der Waals surface area contributed by atoms with Gasteiger partial charge in [0.1, 0.15) is 11.4 Å². The SMILES string of the molecule is CCCc1ccc(S(=O)(=O)O)cc1C(=O)OC12CC3CC(C1)C(=O)C(C3)C2. The van der Waals surface area contributed by atoms with Crippen molar-refractivity contribution in [3.05, 3.63) is 29.3 Å². The van der Waals surface area contributed by atoms with E-state index < -0.39 is 21.7 Å². The van der Waals surface area contributed by atoms with Crippen LogP contribution in [0.2, 0.25) is 0 Å². The lowest BCUT2D eigenvalue weighted by molar-refractivity contribution is -0.162. The van der Waals surface area contributed by atoms with Gasteiger partial charge in [0, 0.05) is 11.8 Å². The number of ether oxygens (including phenoxy) is 1. The molecule has 0 spiro atoms. The van der Waals surface area contributed by atoms with Gasteiger partial charge in [-0.1, -0.05) is 19.4 Å². The van der Waals surface area contributed by atoms with Crippen molar-refractivity contribution >= 4 is 21.9 Å². The molecule has 0 heterocycles. The van der Waals surface area contributed by atoms with Gasteiger partial charge in [-0.05, 0) is 62.1 Å². The molecule has 0 saturated heterocycles. The van der Waals surface area contributed by atoms with Gasteiger partial charge in [0.05, 0.1) is 10.5 Å². The van der Waals surface area contributed by atoms with E-state index in [0.717, 1.165) is 25.7 Å². The molecule has 6 nitrogen and oxygen atoms in total. The highest BCUT2D eigenvalue weighted by Gasteiger charge is 2.57. The Bertz CT molecular complexity index is 885. The van der Waals surface area contributed by atoms with Crippen molar-refractivity contribution in [1.29, 1.82) is 0 Å². The van der Waals surface area contributed by atoms with Gasteiger partial charge in [0.15, 0.2) is 0 Å². The monoisotopic (exact) mass is 392 g/mol. The molecule has 27 heavy (non-hydrogen) atoms. The number of aryl methyl sites for hydroxylation is 1. The summed E-state index contributed by atoms with van der Waals surface area (Å²) in [7, 11) is -4.40. The van der Waals surface area contributed by atoms with Crippen LogP contribution in [0.25, 0.3) is 0 Å². The lowest BCUT2D eigenvalue weighted by Crippen LogP contribution is -2.56. The largest absolute Gasteiger partial charge is 0.455 e. The van der Waals surface area contributed by atoms with E-state index >= 15 is 0 Å². The average Bonchev–Trinajstić information content (AvgIpc) is 2.58. The quantitative estimate of drug-likeness (QED) is 0.610. The van der Waals surface area contributed by atoms with Crippen LogP contribution >= 0.6 is 0 Å². The maximum atomic E-state index is 13.0. The van der Waals surface area contributed by atoms with E-state index in [-0.39, 0.29) is 22.3 Å². The number of benzene rings is 1. The Labute approximate surface area is 159 Å². The summed E-state index contributed by atoms with van der Waals surface area (Å²) >= 11 is 0. The highest BCUT2D eigenvalue weighted by atomic mass is 32.2. The number of carbonyl (C=O) groups is 2. The molecule has 4 aliphatic rings. The third-order valence-corrected chi connectivity index (χ3v) is 7.22. The predicted molar refractivity (Wildman–Crippen MR) is 97.0 cm³/mol. The van der Waals surface area contributed by atoms with Gasteiger partial charge in [0.2, 0.25) is 0 Å². The first-order valence-electron chi connectivity index (χ1n) is 9.58. The van der Waals surface area contributed by atoms with Gasteiger partial charge in [0.25, 0.3) is 10.1 Å². The summed E-state index contributed by atoms with van der Waals surface area (Å²) in [4.78, 5) is 25.0. The second kappa shape index (κ2) is 6.41. The standard InChI is InChI=1S/C20H24O6S/c1-2-3-13-4-5-16(27(23,24)25)8-17(13)19(22)26-20-9-12-6-14(10-20)18(21)15(7-12)11-20/h4-5,8,12,14-15H,2-3,6-7,9-11H2,1H3,(H,23,24,25). The van der Waals surface area contributed by atoms with Crippen LogP contribution in [0.4, 0.5) is 0 Å². The molecule has 1 N–H and O–H groups in total. The van der Waals surface area contributed by atoms with Gasteiger partial charge in [-0.2, -0.15) is 8.42 Å². The van der Waals surface area contributed by atoms with Crippen molar-refractivity contribution in [2.75, 3.05) is 0 Å². The minimum Gasteiger partial charge on any atom is -0.455 e. The molecule has 5 rings (SSSR count). The van der Waals surface area contributed by atoms with Crippen molar-refractivity contribution in [2.24, 2.45) is 17.8 Å². The molecule has 2 unspecified atom stereocenters. The highest BCUT2D eigenvalue weighted by molar-refractivity contribution is 7.85. The van der Waals surface area contributed by atoms with Crippen LogP contribution in [-0.2, 0) is 26.1 Å². The lowest BCUT2D eigenvalue weighted by atomic mass is 9.53. The first-order chi connectivity index (χ1) is 12.7. The van der Waals surface area contributed by atoms with Crippen molar-refractivity contribution in [1.82, 2.24) is 0 Å². The zero-order chi connectivity index (χ0) is 19.4. The Kier molecular flexibility index (Phi) is 4.42. The summed E-state index contributed by atoms with van der Waals surface area (Å²) in [5.41, 5.74) is 0.281. The Morgan fingerprint density at radius 2 is 1.89 bits per heavy atom. The molecule has 4 fully saturated rings. The summed E-state index contributed by atoms with van der Waals surface area (Å²) < 4.78 is 38.3. The van der Waals surface area contributed by atoms with E-state index in [0.29, 0.717) is 36.5 Å². The van der Waals surface area contributed by atoms with E-state index in [9.17, 15) is 22.6 Å². The first kappa shape index (κ1) is 18.6. The molecule has 4 aliphatic carbocycles. The second-order valence-electron chi connectivity index (χ2n) is 8.36. The smallest absolute Gasteiger partial charge is 0.339 e. The van der Waals surface area contributed by atoms with Crippen molar-refractivity contribution in [3.8, 4) is 0 Å². The van der Waals surface area contributed by atoms with Gasteiger partial charge in [-0.15, -0.1) is 0 Å². The number of Topliss-reactive ketones (excluding diaryl/α,β-unsaturated/α-hetero) is 1. The van der Waals surface area contributed by atoms with Crippen LogP contribution in [0.15, 0.2) is 23.1 Å². The van der Waals surface area contributed by atoms with E-state index in [2.05, 4.69) is 0 Å². The molecule has 4 bridgehead atoms. The van der Waals surface area contributed by atoms with Crippen LogP contribution in [0.5, 0.6) is 0 Å².